The third-order valence-corrected chi connectivity index (χ3v) is 2.32. The van der Waals surface area contributed by atoms with Crippen molar-refractivity contribution in [3.05, 3.63) is 18.3 Å². The molecule has 0 saturated carbocycles. The van der Waals surface area contributed by atoms with E-state index < -0.39 is 11.7 Å². The van der Waals surface area contributed by atoms with Crippen molar-refractivity contribution in [1.29, 1.82) is 0 Å². The van der Waals surface area contributed by atoms with Crippen LogP contribution in [-0.2, 0) is 4.74 Å². The molecule has 0 spiro atoms. The number of ether oxygens (including phenoxy) is 2. The average Bonchev–Trinajstić information content (AvgIpc) is 2.35. The molecule has 6 heteroatoms. The Morgan fingerprint density at radius 2 is 2.15 bits per heavy atom. The van der Waals surface area contributed by atoms with Crippen molar-refractivity contribution in [1.82, 2.24) is 10.3 Å². The second-order valence-electron chi connectivity index (χ2n) is 5.49. The lowest BCUT2D eigenvalue weighted by atomic mass is 10.2. The van der Waals surface area contributed by atoms with Gasteiger partial charge in [-0.15, -0.1) is 0 Å². The summed E-state index contributed by atoms with van der Waals surface area (Å²) in [6, 6.07) is 3.70. The van der Waals surface area contributed by atoms with Crippen LogP contribution in [0.4, 0.5) is 10.5 Å². The maximum absolute atomic E-state index is 11.5. The fraction of sp³-hybridized carbons (Fsp3) is 0.571. The number of methoxy groups -OCH3 is 1. The normalized spacial score (nSPS) is 12.4. The average molecular weight is 281 g/mol. The van der Waals surface area contributed by atoms with E-state index in [2.05, 4.69) is 15.6 Å². The molecule has 20 heavy (non-hydrogen) atoms. The Kier molecular flexibility index (Phi) is 5.61. The standard InChI is InChI=1S/C14H23N3O3/c1-10(9-16-13(18)20-14(2,3)4)17-11-7-6-8-15-12(11)19-5/h6-8,10,17H,9H2,1-5H3,(H,16,18). The second-order valence-corrected chi connectivity index (χ2v) is 5.49. The lowest BCUT2D eigenvalue weighted by Crippen LogP contribution is -2.38. The Morgan fingerprint density at radius 3 is 2.75 bits per heavy atom. The number of carbonyl (C=O) groups is 1. The number of amides is 1. The monoisotopic (exact) mass is 281 g/mol. The number of hydrogen-bond acceptors (Lipinski definition) is 5. The highest BCUT2D eigenvalue weighted by Gasteiger charge is 2.16. The van der Waals surface area contributed by atoms with Crippen molar-refractivity contribution in [2.75, 3.05) is 19.0 Å². The lowest BCUT2D eigenvalue weighted by molar-refractivity contribution is 0.0526. The van der Waals surface area contributed by atoms with Crippen LogP contribution in [0.3, 0.4) is 0 Å². The molecule has 0 saturated heterocycles. The van der Waals surface area contributed by atoms with E-state index in [9.17, 15) is 4.79 Å². The molecule has 0 aliphatic heterocycles. The maximum atomic E-state index is 11.5. The maximum Gasteiger partial charge on any atom is 0.407 e. The molecule has 0 aromatic carbocycles. The molecule has 1 heterocycles. The molecular formula is C14H23N3O3. The molecule has 0 bridgehead atoms. The molecule has 0 aliphatic rings. The predicted octanol–water partition coefficient (Wildman–Crippen LogP) is 2.42. The van der Waals surface area contributed by atoms with E-state index in [0.29, 0.717) is 12.4 Å². The second kappa shape index (κ2) is 6.98. The molecule has 1 unspecified atom stereocenters. The minimum atomic E-state index is -0.493. The SMILES string of the molecule is COc1ncccc1NC(C)CNC(=O)OC(C)(C)C. The summed E-state index contributed by atoms with van der Waals surface area (Å²) >= 11 is 0. The minimum absolute atomic E-state index is 0.0145. The van der Waals surface area contributed by atoms with Crippen LogP contribution in [0, 0.1) is 0 Å². The molecular weight excluding hydrogens is 258 g/mol. The van der Waals surface area contributed by atoms with Crippen LogP contribution in [0.15, 0.2) is 18.3 Å². The van der Waals surface area contributed by atoms with Gasteiger partial charge in [0.05, 0.1) is 12.8 Å². The summed E-state index contributed by atoms with van der Waals surface area (Å²) in [6.45, 7) is 7.87. The fourth-order valence-corrected chi connectivity index (χ4v) is 1.53. The Morgan fingerprint density at radius 1 is 1.45 bits per heavy atom. The molecule has 2 N–H and O–H groups in total. The predicted molar refractivity (Wildman–Crippen MR) is 78.1 cm³/mol. The highest BCUT2D eigenvalue weighted by molar-refractivity contribution is 5.67. The molecule has 112 valence electrons. The largest absolute Gasteiger partial charge is 0.480 e. The smallest absolute Gasteiger partial charge is 0.407 e. The highest BCUT2D eigenvalue weighted by atomic mass is 16.6. The first kappa shape index (κ1) is 16.1. The van der Waals surface area contributed by atoms with Gasteiger partial charge in [0.2, 0.25) is 5.88 Å². The Hall–Kier alpha value is -1.98. The number of rotatable bonds is 5. The molecule has 1 atom stereocenters. The molecule has 1 aromatic heterocycles. The summed E-state index contributed by atoms with van der Waals surface area (Å²) in [5, 5.41) is 5.93. The van der Waals surface area contributed by atoms with Crippen molar-refractivity contribution in [2.45, 2.75) is 39.3 Å². The van der Waals surface area contributed by atoms with E-state index in [1.54, 1.807) is 13.3 Å². The number of carbonyl (C=O) groups excluding carboxylic acids is 1. The summed E-state index contributed by atoms with van der Waals surface area (Å²) < 4.78 is 10.3. The van der Waals surface area contributed by atoms with E-state index in [-0.39, 0.29) is 6.04 Å². The van der Waals surface area contributed by atoms with Crippen LogP contribution in [0.2, 0.25) is 0 Å². The van der Waals surface area contributed by atoms with Crippen molar-refractivity contribution < 1.29 is 14.3 Å². The van der Waals surface area contributed by atoms with Gasteiger partial charge in [0, 0.05) is 18.8 Å². The van der Waals surface area contributed by atoms with Gasteiger partial charge in [0.25, 0.3) is 0 Å². The zero-order valence-electron chi connectivity index (χ0n) is 12.7. The number of nitrogens with one attached hydrogen (secondary N) is 2. The third-order valence-electron chi connectivity index (χ3n) is 2.32. The molecule has 0 aliphatic carbocycles. The van der Waals surface area contributed by atoms with Crippen LogP contribution < -0.4 is 15.4 Å². The zero-order chi connectivity index (χ0) is 15.2. The van der Waals surface area contributed by atoms with E-state index in [0.717, 1.165) is 5.69 Å². The molecule has 1 amide bonds. The molecule has 0 fully saturated rings. The number of alkyl carbamates (subject to hydrolysis) is 1. The first-order valence-corrected chi connectivity index (χ1v) is 6.54. The summed E-state index contributed by atoms with van der Waals surface area (Å²) in [4.78, 5) is 15.6. The van der Waals surface area contributed by atoms with Gasteiger partial charge < -0.3 is 20.1 Å². The van der Waals surface area contributed by atoms with Gasteiger partial charge >= 0.3 is 6.09 Å². The molecule has 1 aromatic rings. The summed E-state index contributed by atoms with van der Waals surface area (Å²) in [7, 11) is 1.57. The van der Waals surface area contributed by atoms with Gasteiger partial charge in [-0.2, -0.15) is 0 Å². The minimum Gasteiger partial charge on any atom is -0.480 e. The van der Waals surface area contributed by atoms with Crippen LogP contribution in [0.5, 0.6) is 5.88 Å². The van der Waals surface area contributed by atoms with E-state index in [1.807, 2.05) is 39.8 Å². The highest BCUT2D eigenvalue weighted by Crippen LogP contribution is 2.20. The van der Waals surface area contributed by atoms with Gasteiger partial charge in [-0.05, 0) is 39.8 Å². The van der Waals surface area contributed by atoms with Gasteiger partial charge in [0.15, 0.2) is 0 Å². The number of aromatic nitrogens is 1. The number of pyridine rings is 1. The van der Waals surface area contributed by atoms with Crippen molar-refractivity contribution in [3.8, 4) is 5.88 Å². The summed E-state index contributed by atoms with van der Waals surface area (Å²) in [5.74, 6) is 0.525. The summed E-state index contributed by atoms with van der Waals surface area (Å²) in [6.07, 6.45) is 1.23. The van der Waals surface area contributed by atoms with E-state index in [1.165, 1.54) is 0 Å². The van der Waals surface area contributed by atoms with Gasteiger partial charge in [-0.3, -0.25) is 0 Å². The number of anilines is 1. The first-order valence-electron chi connectivity index (χ1n) is 6.54. The van der Waals surface area contributed by atoms with Crippen molar-refractivity contribution >= 4 is 11.8 Å². The van der Waals surface area contributed by atoms with Crippen molar-refractivity contribution in [3.63, 3.8) is 0 Å². The Balaban J connectivity index is 2.44. The summed E-state index contributed by atoms with van der Waals surface area (Å²) in [5.41, 5.74) is 0.293. The topological polar surface area (TPSA) is 72.5 Å². The Labute approximate surface area is 119 Å². The number of nitrogens with zero attached hydrogens (tertiary/aromatic N) is 1. The van der Waals surface area contributed by atoms with Crippen LogP contribution in [0.1, 0.15) is 27.7 Å². The van der Waals surface area contributed by atoms with Crippen LogP contribution in [0.25, 0.3) is 0 Å². The first-order chi connectivity index (χ1) is 9.31. The quantitative estimate of drug-likeness (QED) is 0.867. The van der Waals surface area contributed by atoms with E-state index in [4.69, 9.17) is 9.47 Å². The number of hydrogen-bond donors (Lipinski definition) is 2. The Bertz CT molecular complexity index is 444. The molecule has 0 radical (unpaired) electrons. The van der Waals surface area contributed by atoms with Gasteiger partial charge in [-0.1, -0.05) is 0 Å². The van der Waals surface area contributed by atoms with Gasteiger partial charge in [0.1, 0.15) is 5.60 Å². The van der Waals surface area contributed by atoms with E-state index >= 15 is 0 Å². The van der Waals surface area contributed by atoms with Gasteiger partial charge in [-0.25, -0.2) is 9.78 Å². The molecule has 1 rings (SSSR count). The molecule has 6 nitrogen and oxygen atoms in total. The zero-order valence-corrected chi connectivity index (χ0v) is 12.7. The lowest BCUT2D eigenvalue weighted by Gasteiger charge is -2.21. The third kappa shape index (κ3) is 5.77. The fourth-order valence-electron chi connectivity index (χ4n) is 1.53. The van der Waals surface area contributed by atoms with Crippen molar-refractivity contribution in [2.24, 2.45) is 0 Å². The van der Waals surface area contributed by atoms with Crippen LogP contribution in [-0.4, -0.2) is 36.4 Å². The van der Waals surface area contributed by atoms with Crippen LogP contribution >= 0.6 is 0 Å².